The van der Waals surface area contributed by atoms with E-state index in [0.717, 1.165) is 21.3 Å². The predicted octanol–water partition coefficient (Wildman–Crippen LogP) is 4.65. The molecule has 2 aromatic carbocycles. The van der Waals surface area contributed by atoms with E-state index in [1.165, 1.54) is 5.56 Å². The molecule has 0 aliphatic heterocycles. The normalized spacial score (nSPS) is 10.4. The summed E-state index contributed by atoms with van der Waals surface area (Å²) in [6.45, 7) is 6.06. The van der Waals surface area contributed by atoms with Crippen molar-refractivity contribution >= 4 is 27.5 Å². The molecule has 0 heterocycles. The molecule has 1 amide bonds. The Labute approximate surface area is 128 Å². The highest BCUT2D eigenvalue weighted by atomic mass is 79.9. The third kappa shape index (κ3) is 2.78. The lowest BCUT2D eigenvalue weighted by Crippen LogP contribution is -2.27. The Kier molecular flexibility index (Phi) is 4.29. The van der Waals surface area contributed by atoms with Crippen LogP contribution < -0.4 is 4.90 Å². The van der Waals surface area contributed by atoms with Gasteiger partial charge in [0.15, 0.2) is 0 Å². The number of rotatable bonds is 2. The summed E-state index contributed by atoms with van der Waals surface area (Å²) in [7, 11) is 1.81. The van der Waals surface area contributed by atoms with E-state index >= 15 is 0 Å². The molecular formula is C17H18BrNO. The second-order valence-corrected chi connectivity index (χ2v) is 5.88. The molecule has 3 heteroatoms. The second kappa shape index (κ2) is 5.80. The van der Waals surface area contributed by atoms with Crippen LogP contribution in [0.4, 0.5) is 5.69 Å². The van der Waals surface area contributed by atoms with Crippen molar-refractivity contribution in [2.24, 2.45) is 0 Å². The van der Waals surface area contributed by atoms with Gasteiger partial charge in [0.1, 0.15) is 0 Å². The summed E-state index contributed by atoms with van der Waals surface area (Å²) in [5, 5.41) is 0. The van der Waals surface area contributed by atoms with E-state index in [4.69, 9.17) is 0 Å². The molecule has 0 N–H and O–H groups in total. The molecule has 0 radical (unpaired) electrons. The van der Waals surface area contributed by atoms with Crippen molar-refractivity contribution in [1.82, 2.24) is 0 Å². The van der Waals surface area contributed by atoms with Gasteiger partial charge in [-0.15, -0.1) is 0 Å². The SMILES string of the molecule is Cc1ccc(N(C)C(=O)c2cccc(C)c2Br)c(C)c1. The van der Waals surface area contributed by atoms with Gasteiger partial charge in [-0.3, -0.25) is 4.79 Å². The molecule has 0 atom stereocenters. The van der Waals surface area contributed by atoms with E-state index in [1.54, 1.807) is 4.90 Å². The van der Waals surface area contributed by atoms with Crippen LogP contribution in [0.15, 0.2) is 40.9 Å². The Morgan fingerprint density at radius 1 is 1.05 bits per heavy atom. The highest BCUT2D eigenvalue weighted by Gasteiger charge is 2.18. The van der Waals surface area contributed by atoms with Crippen molar-refractivity contribution in [3.63, 3.8) is 0 Å². The first-order valence-electron chi connectivity index (χ1n) is 6.52. The zero-order valence-electron chi connectivity index (χ0n) is 12.2. The van der Waals surface area contributed by atoms with Crippen LogP contribution in [0.3, 0.4) is 0 Å². The van der Waals surface area contributed by atoms with Crippen molar-refractivity contribution in [3.05, 3.63) is 63.1 Å². The lowest BCUT2D eigenvalue weighted by atomic mass is 10.1. The first-order chi connectivity index (χ1) is 9.41. The van der Waals surface area contributed by atoms with E-state index in [2.05, 4.69) is 28.9 Å². The Morgan fingerprint density at radius 3 is 2.40 bits per heavy atom. The summed E-state index contributed by atoms with van der Waals surface area (Å²) < 4.78 is 0.863. The minimum Gasteiger partial charge on any atom is -0.311 e. The minimum atomic E-state index is -0.00692. The minimum absolute atomic E-state index is 0.00692. The van der Waals surface area contributed by atoms with Gasteiger partial charge in [-0.2, -0.15) is 0 Å². The summed E-state index contributed by atoms with van der Waals surface area (Å²) >= 11 is 3.50. The Balaban J connectivity index is 2.40. The smallest absolute Gasteiger partial charge is 0.259 e. The van der Waals surface area contributed by atoms with Crippen LogP contribution in [0.1, 0.15) is 27.0 Å². The number of benzene rings is 2. The quantitative estimate of drug-likeness (QED) is 0.784. The molecule has 0 spiro atoms. The van der Waals surface area contributed by atoms with Gasteiger partial charge in [0.2, 0.25) is 0 Å². The van der Waals surface area contributed by atoms with E-state index in [0.29, 0.717) is 5.56 Å². The standard InChI is InChI=1S/C17H18BrNO/c1-11-8-9-15(13(3)10-11)19(4)17(20)14-7-5-6-12(2)16(14)18/h5-10H,1-4H3. The Hall–Kier alpha value is -1.61. The number of hydrogen-bond acceptors (Lipinski definition) is 1. The zero-order valence-corrected chi connectivity index (χ0v) is 13.8. The van der Waals surface area contributed by atoms with Crippen molar-refractivity contribution in [2.45, 2.75) is 20.8 Å². The number of amides is 1. The molecular weight excluding hydrogens is 314 g/mol. The Bertz CT molecular complexity index is 664. The van der Waals surface area contributed by atoms with Crippen LogP contribution >= 0.6 is 15.9 Å². The lowest BCUT2D eigenvalue weighted by Gasteiger charge is -2.21. The van der Waals surface area contributed by atoms with Crippen LogP contribution in [0, 0.1) is 20.8 Å². The van der Waals surface area contributed by atoms with Crippen molar-refractivity contribution in [2.75, 3.05) is 11.9 Å². The number of anilines is 1. The van der Waals surface area contributed by atoms with Crippen molar-refractivity contribution < 1.29 is 4.79 Å². The maximum Gasteiger partial charge on any atom is 0.259 e. The predicted molar refractivity (Wildman–Crippen MR) is 87.5 cm³/mol. The molecule has 2 aromatic rings. The zero-order chi connectivity index (χ0) is 14.9. The van der Waals surface area contributed by atoms with Gasteiger partial charge in [-0.05, 0) is 60.0 Å². The number of aryl methyl sites for hydroxylation is 3. The van der Waals surface area contributed by atoms with E-state index in [-0.39, 0.29) is 5.91 Å². The van der Waals surface area contributed by atoms with E-state index in [1.807, 2.05) is 51.2 Å². The van der Waals surface area contributed by atoms with Crippen LogP contribution in [-0.2, 0) is 0 Å². The fourth-order valence-corrected chi connectivity index (χ4v) is 2.72. The van der Waals surface area contributed by atoms with E-state index in [9.17, 15) is 4.79 Å². The number of carbonyl (C=O) groups excluding carboxylic acids is 1. The molecule has 0 aliphatic carbocycles. The van der Waals surface area contributed by atoms with Gasteiger partial charge in [-0.1, -0.05) is 29.8 Å². The maximum atomic E-state index is 12.7. The highest BCUT2D eigenvalue weighted by molar-refractivity contribution is 9.10. The van der Waals surface area contributed by atoms with Crippen LogP contribution in [0.2, 0.25) is 0 Å². The summed E-state index contributed by atoms with van der Waals surface area (Å²) in [5.74, 6) is -0.00692. The molecule has 0 unspecified atom stereocenters. The van der Waals surface area contributed by atoms with Gasteiger partial charge in [0, 0.05) is 17.2 Å². The molecule has 0 aromatic heterocycles. The second-order valence-electron chi connectivity index (χ2n) is 5.09. The van der Waals surface area contributed by atoms with Crippen LogP contribution in [0.5, 0.6) is 0 Å². The first-order valence-corrected chi connectivity index (χ1v) is 7.31. The molecule has 0 aliphatic rings. The first kappa shape index (κ1) is 14.8. The molecule has 2 nitrogen and oxygen atoms in total. The monoisotopic (exact) mass is 331 g/mol. The average Bonchev–Trinajstić information content (AvgIpc) is 2.40. The molecule has 0 fully saturated rings. The van der Waals surface area contributed by atoms with E-state index < -0.39 is 0 Å². The summed E-state index contributed by atoms with van der Waals surface area (Å²) in [6, 6.07) is 11.8. The lowest BCUT2D eigenvalue weighted by molar-refractivity contribution is 0.0992. The third-order valence-corrected chi connectivity index (χ3v) is 4.49. The maximum absolute atomic E-state index is 12.7. The third-order valence-electron chi connectivity index (χ3n) is 3.44. The fraction of sp³-hybridized carbons (Fsp3) is 0.235. The van der Waals surface area contributed by atoms with Gasteiger partial charge in [-0.25, -0.2) is 0 Å². The van der Waals surface area contributed by atoms with Gasteiger partial charge < -0.3 is 4.90 Å². The number of hydrogen-bond donors (Lipinski definition) is 0. The van der Waals surface area contributed by atoms with Gasteiger partial charge >= 0.3 is 0 Å². The van der Waals surface area contributed by atoms with Crippen molar-refractivity contribution in [1.29, 1.82) is 0 Å². The van der Waals surface area contributed by atoms with Crippen molar-refractivity contribution in [3.8, 4) is 0 Å². The van der Waals surface area contributed by atoms with Crippen LogP contribution in [-0.4, -0.2) is 13.0 Å². The number of halogens is 1. The topological polar surface area (TPSA) is 20.3 Å². The Morgan fingerprint density at radius 2 is 1.75 bits per heavy atom. The molecule has 104 valence electrons. The average molecular weight is 332 g/mol. The number of carbonyl (C=O) groups is 1. The molecule has 0 saturated heterocycles. The molecule has 0 saturated carbocycles. The largest absolute Gasteiger partial charge is 0.311 e. The summed E-state index contributed by atoms with van der Waals surface area (Å²) in [4.78, 5) is 14.4. The molecule has 0 bridgehead atoms. The van der Waals surface area contributed by atoms with Crippen LogP contribution in [0.25, 0.3) is 0 Å². The molecule has 2 rings (SSSR count). The molecule has 20 heavy (non-hydrogen) atoms. The fourth-order valence-electron chi connectivity index (χ4n) is 2.28. The summed E-state index contributed by atoms with van der Waals surface area (Å²) in [6.07, 6.45) is 0. The van der Waals surface area contributed by atoms with Gasteiger partial charge in [0.05, 0.1) is 5.56 Å². The number of nitrogens with zero attached hydrogens (tertiary/aromatic N) is 1. The highest BCUT2D eigenvalue weighted by Crippen LogP contribution is 2.26. The summed E-state index contributed by atoms with van der Waals surface area (Å²) in [5.41, 5.74) is 4.99. The van der Waals surface area contributed by atoms with Gasteiger partial charge in [0.25, 0.3) is 5.91 Å².